The molecule has 0 saturated heterocycles. The van der Waals surface area contributed by atoms with Crippen LogP contribution < -0.4 is 17.0 Å². The number of halogens is 1. The molecule has 1 amide bonds. The molecule has 0 heterocycles. The van der Waals surface area contributed by atoms with E-state index >= 15 is 0 Å². The second-order valence-electron chi connectivity index (χ2n) is 8.12. The minimum Gasteiger partial charge on any atom is -1.00 e. The van der Waals surface area contributed by atoms with Gasteiger partial charge in [0.2, 0.25) is 0 Å². The van der Waals surface area contributed by atoms with E-state index < -0.39 is 0 Å². The van der Waals surface area contributed by atoms with Gasteiger partial charge in [0, 0.05) is 31.5 Å². The highest BCUT2D eigenvalue weighted by Crippen LogP contribution is 2.67. The molecule has 2 aliphatic rings. The lowest BCUT2D eigenvalue weighted by Crippen LogP contribution is -3.00. The predicted octanol–water partition coefficient (Wildman–Crippen LogP) is 0.279. The Morgan fingerprint density at radius 1 is 1.28 bits per heavy atom. The number of hydrogen-bond acceptors (Lipinski definition) is 2. The molecular formula is C20H34BrNO2S. The summed E-state index contributed by atoms with van der Waals surface area (Å²) in [6.45, 7) is 15.9. The smallest absolute Gasteiger partial charge is 0.273 e. The van der Waals surface area contributed by atoms with Gasteiger partial charge in [0.15, 0.2) is 5.75 Å². The maximum atomic E-state index is 12.7. The molecule has 5 atom stereocenters. The number of amides is 1. The van der Waals surface area contributed by atoms with Gasteiger partial charge in [0.1, 0.15) is 11.4 Å². The number of rotatable bonds is 8. The molecule has 0 aromatic rings. The van der Waals surface area contributed by atoms with Gasteiger partial charge in [-0.3, -0.25) is 4.79 Å². The minimum atomic E-state index is 0. The van der Waals surface area contributed by atoms with Gasteiger partial charge in [-0.05, 0) is 29.2 Å². The Bertz CT molecular complexity index is 500. The van der Waals surface area contributed by atoms with Gasteiger partial charge in [-0.1, -0.05) is 32.9 Å². The van der Waals surface area contributed by atoms with Crippen LogP contribution in [0.1, 0.15) is 33.6 Å². The van der Waals surface area contributed by atoms with Crippen LogP contribution in [0.5, 0.6) is 0 Å². The van der Waals surface area contributed by atoms with Gasteiger partial charge in [0.05, 0.1) is 6.26 Å². The van der Waals surface area contributed by atoms with Crippen LogP contribution in [-0.4, -0.2) is 54.4 Å². The first kappa shape index (κ1) is 22.8. The van der Waals surface area contributed by atoms with E-state index in [0.717, 1.165) is 0 Å². The van der Waals surface area contributed by atoms with Crippen LogP contribution >= 0.6 is 0 Å². The second kappa shape index (κ2) is 8.62. The fourth-order valence-corrected chi connectivity index (χ4v) is 7.71. The van der Waals surface area contributed by atoms with E-state index in [1.54, 1.807) is 12.2 Å². The number of carbonyl (C=O) groups is 1. The highest BCUT2D eigenvalue weighted by Gasteiger charge is 2.70. The Kier molecular flexibility index (Phi) is 7.85. The van der Waals surface area contributed by atoms with E-state index in [0.29, 0.717) is 30.0 Å². The Morgan fingerprint density at radius 3 is 2.32 bits per heavy atom. The maximum absolute atomic E-state index is 12.7. The topological polar surface area (TPSA) is 29.5 Å². The number of ether oxygens (including phenoxy) is 1. The van der Waals surface area contributed by atoms with Crippen LogP contribution in [0.15, 0.2) is 25.3 Å². The molecule has 1 unspecified atom stereocenters. The lowest BCUT2D eigenvalue weighted by molar-refractivity contribution is -0.127. The summed E-state index contributed by atoms with van der Waals surface area (Å²) in [5, 5.41) is 0.488. The van der Waals surface area contributed by atoms with E-state index in [1.807, 2.05) is 12.0 Å². The Morgan fingerprint density at radius 2 is 1.84 bits per heavy atom. The molecule has 2 saturated carbocycles. The summed E-state index contributed by atoms with van der Waals surface area (Å²) in [7, 11) is 1.86. The second-order valence-corrected chi connectivity index (χ2v) is 10.3. The van der Waals surface area contributed by atoms with Gasteiger partial charge in [-0.2, -0.15) is 0 Å². The van der Waals surface area contributed by atoms with E-state index in [4.69, 9.17) is 4.74 Å². The first-order valence-corrected chi connectivity index (χ1v) is 10.7. The zero-order chi connectivity index (χ0) is 18.1. The standard InChI is InChI=1S/C20H34NO2S.BrH/c1-8-12-21(13-9-2)16(22)14-24(7)17-15-10-11-20(5,18(17)23-6)19(15,3)4;/h8-9,15,17-18H,1-2,10-14H2,3-7H3;1H/q+1;/p-1/t15-,17-,18-,20+,24?;/m1./s1. The lowest BCUT2D eigenvalue weighted by Gasteiger charge is -2.38. The SMILES string of the molecule is C=CCN(CC=C)C(=O)C[S+](C)[C@@H]1[C@H]2CC[C@@](C)([C@@H]1OC)C2(C)C.[Br-]. The molecule has 25 heavy (non-hydrogen) atoms. The molecule has 144 valence electrons. The van der Waals surface area contributed by atoms with Gasteiger partial charge in [-0.25, -0.2) is 0 Å². The van der Waals surface area contributed by atoms with Crippen molar-refractivity contribution in [2.45, 2.75) is 45.0 Å². The summed E-state index contributed by atoms with van der Waals surface area (Å²) in [5.74, 6) is 1.47. The summed E-state index contributed by atoms with van der Waals surface area (Å²) < 4.78 is 6.00. The minimum absolute atomic E-state index is 0. The molecule has 0 aliphatic heterocycles. The van der Waals surface area contributed by atoms with Crippen LogP contribution in [-0.2, 0) is 20.4 Å². The van der Waals surface area contributed by atoms with Crippen LogP contribution in [0, 0.1) is 16.7 Å². The van der Waals surface area contributed by atoms with E-state index in [2.05, 4.69) is 40.2 Å². The monoisotopic (exact) mass is 431 g/mol. The Labute approximate surface area is 167 Å². The normalized spacial score (nSPS) is 33.4. The molecule has 2 rings (SSSR count). The van der Waals surface area contributed by atoms with Crippen molar-refractivity contribution in [1.29, 1.82) is 0 Å². The molecule has 0 radical (unpaired) electrons. The number of nitrogens with zero attached hydrogens (tertiary/aromatic N) is 1. The Hall–Kier alpha value is -0.260. The molecule has 0 N–H and O–H groups in total. The van der Waals surface area contributed by atoms with Crippen molar-refractivity contribution in [3.63, 3.8) is 0 Å². The average Bonchev–Trinajstić information content (AvgIpc) is 2.85. The summed E-state index contributed by atoms with van der Waals surface area (Å²) in [4.78, 5) is 14.6. The van der Waals surface area contributed by atoms with Crippen molar-refractivity contribution in [3.05, 3.63) is 25.3 Å². The molecule has 0 aromatic carbocycles. The van der Waals surface area contributed by atoms with Gasteiger partial charge >= 0.3 is 0 Å². The highest BCUT2D eigenvalue weighted by molar-refractivity contribution is 7.97. The predicted molar refractivity (Wildman–Crippen MR) is 104 cm³/mol. The average molecular weight is 432 g/mol. The summed E-state index contributed by atoms with van der Waals surface area (Å²) in [6.07, 6.45) is 8.60. The fourth-order valence-electron chi connectivity index (χ4n) is 5.08. The van der Waals surface area contributed by atoms with Crippen molar-refractivity contribution in [2.24, 2.45) is 16.7 Å². The fraction of sp³-hybridized carbons (Fsp3) is 0.750. The van der Waals surface area contributed by atoms with Crippen LogP contribution in [0.25, 0.3) is 0 Å². The Balaban J connectivity index is 0.00000312. The molecule has 2 bridgehead atoms. The molecule has 2 fully saturated rings. The lowest BCUT2D eigenvalue weighted by atomic mass is 9.70. The quantitative estimate of drug-likeness (QED) is 0.408. The molecule has 3 nitrogen and oxygen atoms in total. The maximum Gasteiger partial charge on any atom is 0.273 e. The van der Waals surface area contributed by atoms with Crippen LogP contribution in [0.4, 0.5) is 0 Å². The first-order chi connectivity index (χ1) is 11.2. The van der Waals surface area contributed by atoms with E-state index in [1.165, 1.54) is 12.8 Å². The van der Waals surface area contributed by atoms with Crippen molar-refractivity contribution in [1.82, 2.24) is 4.90 Å². The number of fused-ring (bicyclic) bond motifs is 2. The largest absolute Gasteiger partial charge is 1.00 e. The summed E-state index contributed by atoms with van der Waals surface area (Å²) in [5.41, 5.74) is 0.508. The summed E-state index contributed by atoms with van der Waals surface area (Å²) in [6, 6.07) is 0. The molecular weight excluding hydrogens is 398 g/mol. The van der Waals surface area contributed by atoms with Gasteiger partial charge in [-0.15, -0.1) is 13.2 Å². The zero-order valence-corrected chi connectivity index (χ0v) is 18.8. The zero-order valence-electron chi connectivity index (χ0n) is 16.4. The van der Waals surface area contributed by atoms with Crippen LogP contribution in [0.3, 0.4) is 0 Å². The molecule has 0 spiro atoms. The van der Waals surface area contributed by atoms with Crippen molar-refractivity contribution in [2.75, 3.05) is 32.2 Å². The van der Waals surface area contributed by atoms with Gasteiger partial charge < -0.3 is 26.6 Å². The van der Waals surface area contributed by atoms with Gasteiger partial charge in [0.25, 0.3) is 5.91 Å². The number of methoxy groups -OCH3 is 1. The third kappa shape index (κ3) is 3.74. The molecule has 5 heteroatoms. The highest BCUT2D eigenvalue weighted by atomic mass is 79.9. The third-order valence-electron chi connectivity index (χ3n) is 6.82. The van der Waals surface area contributed by atoms with Crippen LogP contribution in [0.2, 0.25) is 0 Å². The number of hydrogen-bond donors (Lipinski definition) is 0. The van der Waals surface area contributed by atoms with Crippen molar-refractivity contribution >= 4 is 16.8 Å². The molecule has 0 aromatic heterocycles. The first-order valence-electron chi connectivity index (χ1n) is 8.88. The van der Waals surface area contributed by atoms with E-state index in [9.17, 15) is 4.79 Å². The molecule has 2 aliphatic carbocycles. The van der Waals surface area contributed by atoms with Crippen molar-refractivity contribution < 1.29 is 26.5 Å². The third-order valence-corrected chi connectivity index (χ3v) is 9.03. The summed E-state index contributed by atoms with van der Waals surface area (Å²) >= 11 is 0. The van der Waals surface area contributed by atoms with Crippen molar-refractivity contribution in [3.8, 4) is 0 Å². The van der Waals surface area contributed by atoms with E-state index in [-0.39, 0.29) is 50.7 Å². The number of carbonyl (C=O) groups excluding carboxylic acids is 1.